The smallest absolute Gasteiger partial charge is 0.311 e. The molecule has 1 aromatic carbocycles. The number of ether oxygens (including phenoxy) is 3. The van der Waals surface area contributed by atoms with Gasteiger partial charge in [0.15, 0.2) is 5.75 Å². The minimum atomic E-state index is -0.413. The molecule has 0 bridgehead atoms. The number of hydrogen-bond donors (Lipinski definition) is 1. The zero-order valence-electron chi connectivity index (χ0n) is 12.0. The van der Waals surface area contributed by atoms with Gasteiger partial charge < -0.3 is 19.5 Å². The lowest BCUT2D eigenvalue weighted by atomic mass is 10.2. The number of nitrogens with zero attached hydrogens (tertiary/aromatic N) is 1. The minimum absolute atomic E-state index is 0.00654. The van der Waals surface area contributed by atoms with E-state index in [1.54, 1.807) is 19.2 Å². The van der Waals surface area contributed by atoms with E-state index >= 15 is 0 Å². The molecule has 116 valence electrons. The van der Waals surface area contributed by atoms with E-state index < -0.39 is 4.92 Å². The molecule has 1 atom stereocenters. The Morgan fingerprint density at radius 2 is 2.38 bits per heavy atom. The van der Waals surface area contributed by atoms with Gasteiger partial charge in [-0.05, 0) is 11.6 Å². The summed E-state index contributed by atoms with van der Waals surface area (Å²) >= 11 is 0. The monoisotopic (exact) mass is 296 g/mol. The highest BCUT2D eigenvalue weighted by Crippen LogP contribution is 2.30. The van der Waals surface area contributed by atoms with Gasteiger partial charge in [-0.15, -0.1) is 0 Å². The molecule has 1 N–H and O–H groups in total. The van der Waals surface area contributed by atoms with E-state index in [0.717, 1.165) is 12.0 Å². The van der Waals surface area contributed by atoms with Crippen LogP contribution in [0.2, 0.25) is 0 Å². The average Bonchev–Trinajstić information content (AvgIpc) is 2.97. The Labute approximate surface area is 123 Å². The number of nitro groups is 1. The summed E-state index contributed by atoms with van der Waals surface area (Å²) < 4.78 is 15.8. The van der Waals surface area contributed by atoms with Gasteiger partial charge in [0, 0.05) is 32.7 Å². The van der Waals surface area contributed by atoms with Crippen LogP contribution in [0.1, 0.15) is 12.0 Å². The Kier molecular flexibility index (Phi) is 5.91. The van der Waals surface area contributed by atoms with Gasteiger partial charge in [-0.1, -0.05) is 6.07 Å². The molecule has 0 aromatic heterocycles. The van der Waals surface area contributed by atoms with Crippen LogP contribution in [-0.2, 0) is 16.0 Å². The molecule has 0 radical (unpaired) electrons. The third-order valence-electron chi connectivity index (χ3n) is 3.21. The van der Waals surface area contributed by atoms with E-state index in [0.29, 0.717) is 38.7 Å². The predicted molar refractivity (Wildman–Crippen MR) is 76.5 cm³/mol. The van der Waals surface area contributed by atoms with Crippen molar-refractivity contribution in [3.63, 3.8) is 0 Å². The molecule has 0 amide bonds. The molecular weight excluding hydrogens is 276 g/mol. The van der Waals surface area contributed by atoms with Gasteiger partial charge in [-0.2, -0.15) is 0 Å². The molecule has 7 heteroatoms. The van der Waals surface area contributed by atoms with Gasteiger partial charge in [0.1, 0.15) is 6.10 Å². The first kappa shape index (κ1) is 15.7. The van der Waals surface area contributed by atoms with Crippen LogP contribution >= 0.6 is 0 Å². The average molecular weight is 296 g/mol. The first-order valence-electron chi connectivity index (χ1n) is 6.92. The summed E-state index contributed by atoms with van der Waals surface area (Å²) in [5, 5.41) is 14.3. The van der Waals surface area contributed by atoms with Gasteiger partial charge in [-0.3, -0.25) is 10.1 Å². The van der Waals surface area contributed by atoms with Crippen molar-refractivity contribution in [1.29, 1.82) is 0 Å². The van der Waals surface area contributed by atoms with Crippen molar-refractivity contribution in [2.24, 2.45) is 0 Å². The third-order valence-corrected chi connectivity index (χ3v) is 3.21. The molecule has 7 nitrogen and oxygen atoms in total. The first-order valence-corrected chi connectivity index (χ1v) is 6.92. The SMILES string of the molecule is COCCNCc1ccc(OC2CCOC2)c([N+](=O)[O-])c1. The van der Waals surface area contributed by atoms with Crippen molar-refractivity contribution >= 4 is 5.69 Å². The molecule has 21 heavy (non-hydrogen) atoms. The van der Waals surface area contributed by atoms with Crippen molar-refractivity contribution in [3.05, 3.63) is 33.9 Å². The van der Waals surface area contributed by atoms with Gasteiger partial charge in [0.05, 0.1) is 24.7 Å². The van der Waals surface area contributed by atoms with Crippen LogP contribution in [0.25, 0.3) is 0 Å². The second-order valence-corrected chi connectivity index (χ2v) is 4.83. The lowest BCUT2D eigenvalue weighted by Gasteiger charge is -2.12. The van der Waals surface area contributed by atoms with E-state index in [1.807, 2.05) is 6.07 Å². The van der Waals surface area contributed by atoms with E-state index in [2.05, 4.69) is 5.32 Å². The lowest BCUT2D eigenvalue weighted by molar-refractivity contribution is -0.386. The second-order valence-electron chi connectivity index (χ2n) is 4.83. The third kappa shape index (κ3) is 4.66. The van der Waals surface area contributed by atoms with Crippen molar-refractivity contribution < 1.29 is 19.1 Å². The van der Waals surface area contributed by atoms with E-state index in [-0.39, 0.29) is 11.8 Å². The standard InChI is InChI=1S/C14H20N2O5/c1-19-7-5-15-9-11-2-3-14(13(8-11)16(17)18)21-12-4-6-20-10-12/h2-3,8,12,15H,4-7,9-10H2,1H3. The van der Waals surface area contributed by atoms with Crippen LogP contribution in [0.5, 0.6) is 5.75 Å². The number of nitro benzene ring substituents is 1. The second kappa shape index (κ2) is 7.92. The zero-order valence-corrected chi connectivity index (χ0v) is 12.0. The summed E-state index contributed by atoms with van der Waals surface area (Å²) in [5.41, 5.74) is 0.834. The minimum Gasteiger partial charge on any atom is -0.481 e. The molecule has 1 aliphatic heterocycles. The van der Waals surface area contributed by atoms with E-state index in [9.17, 15) is 10.1 Å². The molecule has 1 aliphatic rings. The number of hydrogen-bond acceptors (Lipinski definition) is 6. The van der Waals surface area contributed by atoms with Crippen molar-refractivity contribution in [1.82, 2.24) is 5.32 Å². The Morgan fingerprint density at radius 3 is 3.05 bits per heavy atom. The highest BCUT2D eigenvalue weighted by molar-refractivity contribution is 5.48. The van der Waals surface area contributed by atoms with Gasteiger partial charge >= 0.3 is 5.69 Å². The summed E-state index contributed by atoms with van der Waals surface area (Å²) in [7, 11) is 1.63. The Morgan fingerprint density at radius 1 is 1.52 bits per heavy atom. The fourth-order valence-electron chi connectivity index (χ4n) is 2.11. The van der Waals surface area contributed by atoms with E-state index in [4.69, 9.17) is 14.2 Å². The van der Waals surface area contributed by atoms with Crippen LogP contribution in [-0.4, -0.2) is 44.5 Å². The molecule has 0 aliphatic carbocycles. The van der Waals surface area contributed by atoms with Gasteiger partial charge in [-0.25, -0.2) is 0 Å². The highest BCUT2D eigenvalue weighted by Gasteiger charge is 2.22. The van der Waals surface area contributed by atoms with Crippen LogP contribution in [0.4, 0.5) is 5.69 Å². The maximum absolute atomic E-state index is 11.2. The molecule has 1 fully saturated rings. The summed E-state index contributed by atoms with van der Waals surface area (Å²) in [6.45, 7) is 2.97. The summed E-state index contributed by atoms with van der Waals surface area (Å²) in [6.07, 6.45) is 0.659. The molecule has 1 saturated heterocycles. The van der Waals surface area contributed by atoms with E-state index in [1.165, 1.54) is 0 Å². The maximum atomic E-state index is 11.2. The molecule has 0 saturated carbocycles. The molecule has 1 unspecified atom stereocenters. The van der Waals surface area contributed by atoms with Gasteiger partial charge in [0.2, 0.25) is 0 Å². The van der Waals surface area contributed by atoms with Crippen molar-refractivity contribution in [3.8, 4) is 5.75 Å². The fraction of sp³-hybridized carbons (Fsp3) is 0.571. The maximum Gasteiger partial charge on any atom is 0.311 e. The highest BCUT2D eigenvalue weighted by atomic mass is 16.6. The summed E-state index contributed by atoms with van der Waals surface area (Å²) in [5.74, 6) is 0.302. The molecular formula is C14H20N2O5. The number of methoxy groups -OCH3 is 1. The van der Waals surface area contributed by atoms with Gasteiger partial charge in [0.25, 0.3) is 0 Å². The van der Waals surface area contributed by atoms with Crippen LogP contribution in [0, 0.1) is 10.1 Å². The Balaban J connectivity index is 2.01. The van der Waals surface area contributed by atoms with Crippen LogP contribution in [0.15, 0.2) is 18.2 Å². The van der Waals surface area contributed by atoms with Crippen molar-refractivity contribution in [2.75, 3.05) is 33.5 Å². The zero-order chi connectivity index (χ0) is 15.1. The number of nitrogens with one attached hydrogen (secondary N) is 1. The summed E-state index contributed by atoms with van der Waals surface area (Å²) in [6, 6.07) is 5.03. The lowest BCUT2D eigenvalue weighted by Crippen LogP contribution is -2.19. The molecule has 1 heterocycles. The summed E-state index contributed by atoms with van der Waals surface area (Å²) in [4.78, 5) is 10.8. The Bertz CT molecular complexity index is 474. The molecule has 1 aromatic rings. The Hall–Kier alpha value is -1.70. The molecule has 2 rings (SSSR count). The largest absolute Gasteiger partial charge is 0.481 e. The normalized spacial score (nSPS) is 17.9. The number of rotatable bonds is 8. The van der Waals surface area contributed by atoms with Crippen molar-refractivity contribution in [2.45, 2.75) is 19.1 Å². The number of benzene rings is 1. The van der Waals surface area contributed by atoms with Crippen LogP contribution < -0.4 is 10.1 Å². The fourth-order valence-corrected chi connectivity index (χ4v) is 2.11. The van der Waals surface area contributed by atoms with Crippen LogP contribution in [0.3, 0.4) is 0 Å². The first-order chi connectivity index (χ1) is 10.2. The predicted octanol–water partition coefficient (Wildman–Crippen LogP) is 1.50. The topological polar surface area (TPSA) is 82.9 Å². The quantitative estimate of drug-likeness (QED) is 0.445. The molecule has 0 spiro atoms.